The van der Waals surface area contributed by atoms with E-state index in [1.54, 1.807) is 18.2 Å². The number of halogens is 1. The van der Waals surface area contributed by atoms with E-state index in [1.165, 1.54) is 0 Å². The number of amides is 1. The summed E-state index contributed by atoms with van der Waals surface area (Å²) in [5, 5.41) is 2.88. The van der Waals surface area contributed by atoms with Crippen LogP contribution in [0.5, 0.6) is 5.75 Å². The molecule has 0 bridgehead atoms. The molecule has 0 spiro atoms. The Balaban J connectivity index is 2.21. The Morgan fingerprint density at radius 1 is 1.29 bits per heavy atom. The summed E-state index contributed by atoms with van der Waals surface area (Å²) >= 11 is 3.36. The highest BCUT2D eigenvalue weighted by molar-refractivity contribution is 9.10. The zero-order valence-corrected chi connectivity index (χ0v) is 13.5. The number of nitrogens with one attached hydrogen (secondary N) is 1. The van der Waals surface area contributed by atoms with Crippen LogP contribution in [0.1, 0.15) is 22.8 Å². The van der Waals surface area contributed by atoms with E-state index in [0.717, 1.165) is 17.0 Å². The van der Waals surface area contributed by atoms with E-state index >= 15 is 0 Å². The molecule has 0 aliphatic carbocycles. The van der Waals surface area contributed by atoms with Gasteiger partial charge in [0.25, 0.3) is 5.91 Å². The van der Waals surface area contributed by atoms with E-state index in [4.69, 9.17) is 10.5 Å². The van der Waals surface area contributed by atoms with Crippen molar-refractivity contribution in [2.24, 2.45) is 0 Å². The minimum absolute atomic E-state index is 0.207. The number of hydrogen-bond acceptors (Lipinski definition) is 3. The zero-order chi connectivity index (χ0) is 15.4. The normalized spacial score (nSPS) is 10.2. The van der Waals surface area contributed by atoms with Crippen LogP contribution in [0, 0.1) is 6.92 Å². The number of aryl methyl sites for hydroxylation is 1. The molecule has 21 heavy (non-hydrogen) atoms. The number of nitrogens with two attached hydrogens (primary N) is 1. The molecular formula is C16H17BrN2O2. The minimum atomic E-state index is -0.207. The van der Waals surface area contributed by atoms with Crippen molar-refractivity contribution < 1.29 is 9.53 Å². The topological polar surface area (TPSA) is 64.3 Å². The fourth-order valence-corrected chi connectivity index (χ4v) is 2.37. The molecular weight excluding hydrogens is 332 g/mol. The predicted octanol–water partition coefficient (Wildman–Crippen LogP) is 3.99. The number of benzene rings is 2. The summed E-state index contributed by atoms with van der Waals surface area (Å²) in [5.74, 6) is 0.583. The standard InChI is InChI=1S/C16H17BrN2O2/c1-3-21-12-5-7-15(10(2)8-12)19-16(20)13-9-11(18)4-6-14(13)17/h4-9H,3,18H2,1-2H3,(H,19,20). The van der Waals surface area contributed by atoms with Gasteiger partial charge in [-0.3, -0.25) is 4.79 Å². The van der Waals surface area contributed by atoms with Crippen LogP contribution < -0.4 is 15.8 Å². The van der Waals surface area contributed by atoms with Crippen LogP contribution in [-0.4, -0.2) is 12.5 Å². The van der Waals surface area contributed by atoms with E-state index in [-0.39, 0.29) is 5.91 Å². The van der Waals surface area contributed by atoms with Crippen LogP contribution in [-0.2, 0) is 0 Å². The third kappa shape index (κ3) is 3.76. The van der Waals surface area contributed by atoms with E-state index in [2.05, 4.69) is 21.2 Å². The second-order valence-electron chi connectivity index (χ2n) is 4.60. The number of anilines is 2. The predicted molar refractivity (Wildman–Crippen MR) is 88.9 cm³/mol. The summed E-state index contributed by atoms with van der Waals surface area (Å²) in [6.45, 7) is 4.47. The molecule has 0 unspecified atom stereocenters. The number of hydrogen-bond donors (Lipinski definition) is 2. The van der Waals surface area contributed by atoms with Crippen molar-refractivity contribution in [2.75, 3.05) is 17.7 Å². The van der Waals surface area contributed by atoms with Gasteiger partial charge in [-0.1, -0.05) is 0 Å². The summed E-state index contributed by atoms with van der Waals surface area (Å²) in [5.41, 5.74) is 8.46. The first kappa shape index (κ1) is 15.4. The molecule has 0 saturated heterocycles. The van der Waals surface area contributed by atoms with Gasteiger partial charge in [-0.25, -0.2) is 0 Å². The largest absolute Gasteiger partial charge is 0.494 e. The van der Waals surface area contributed by atoms with Crippen molar-refractivity contribution >= 4 is 33.2 Å². The first-order chi connectivity index (χ1) is 10.0. The Morgan fingerprint density at radius 3 is 2.71 bits per heavy atom. The summed E-state index contributed by atoms with van der Waals surface area (Å²) in [4.78, 5) is 12.3. The highest BCUT2D eigenvalue weighted by Gasteiger charge is 2.12. The van der Waals surface area contributed by atoms with E-state index in [0.29, 0.717) is 22.3 Å². The maximum Gasteiger partial charge on any atom is 0.256 e. The van der Waals surface area contributed by atoms with Gasteiger partial charge in [0.05, 0.1) is 12.2 Å². The fraction of sp³-hybridized carbons (Fsp3) is 0.188. The third-order valence-electron chi connectivity index (χ3n) is 2.99. The lowest BCUT2D eigenvalue weighted by Gasteiger charge is -2.11. The quantitative estimate of drug-likeness (QED) is 0.821. The van der Waals surface area contributed by atoms with Crippen LogP contribution in [0.4, 0.5) is 11.4 Å². The summed E-state index contributed by atoms with van der Waals surface area (Å²) in [6.07, 6.45) is 0. The molecule has 2 rings (SSSR count). The van der Waals surface area contributed by atoms with Crippen molar-refractivity contribution in [1.82, 2.24) is 0 Å². The van der Waals surface area contributed by atoms with Crippen LogP contribution in [0.15, 0.2) is 40.9 Å². The molecule has 2 aromatic rings. The lowest BCUT2D eigenvalue weighted by molar-refractivity contribution is 0.102. The van der Waals surface area contributed by atoms with Gasteiger partial charge >= 0.3 is 0 Å². The number of carbonyl (C=O) groups excluding carboxylic acids is 1. The van der Waals surface area contributed by atoms with E-state index in [1.807, 2.05) is 32.0 Å². The Hall–Kier alpha value is -2.01. The molecule has 110 valence electrons. The van der Waals surface area contributed by atoms with E-state index < -0.39 is 0 Å². The summed E-state index contributed by atoms with van der Waals surface area (Å²) < 4.78 is 6.14. The fourth-order valence-electron chi connectivity index (χ4n) is 1.94. The number of nitrogen functional groups attached to an aromatic ring is 1. The molecule has 3 N–H and O–H groups in total. The van der Waals surface area contributed by atoms with Crippen LogP contribution >= 0.6 is 15.9 Å². The summed E-state index contributed by atoms with van der Waals surface area (Å²) in [6, 6.07) is 10.7. The maximum atomic E-state index is 12.3. The molecule has 0 aliphatic rings. The van der Waals surface area contributed by atoms with Crippen LogP contribution in [0.3, 0.4) is 0 Å². The highest BCUT2D eigenvalue weighted by Crippen LogP contribution is 2.24. The van der Waals surface area contributed by atoms with Crippen LogP contribution in [0.2, 0.25) is 0 Å². The first-order valence-corrected chi connectivity index (χ1v) is 7.40. The van der Waals surface area contributed by atoms with Gasteiger partial charge in [-0.05, 0) is 71.7 Å². The molecule has 0 aromatic heterocycles. The van der Waals surface area contributed by atoms with Crippen molar-refractivity contribution in [1.29, 1.82) is 0 Å². The molecule has 0 heterocycles. The average molecular weight is 349 g/mol. The van der Waals surface area contributed by atoms with Gasteiger partial charge in [0.1, 0.15) is 5.75 Å². The number of ether oxygens (including phenoxy) is 1. The van der Waals surface area contributed by atoms with Gasteiger partial charge in [0.2, 0.25) is 0 Å². The van der Waals surface area contributed by atoms with E-state index in [9.17, 15) is 4.79 Å². The highest BCUT2D eigenvalue weighted by atomic mass is 79.9. The molecule has 0 fully saturated rings. The number of carbonyl (C=O) groups is 1. The smallest absolute Gasteiger partial charge is 0.256 e. The molecule has 0 aliphatic heterocycles. The molecule has 1 amide bonds. The molecule has 2 aromatic carbocycles. The molecule has 5 heteroatoms. The Labute approximate surface area is 132 Å². The SMILES string of the molecule is CCOc1ccc(NC(=O)c2cc(N)ccc2Br)c(C)c1. The van der Waals surface area contributed by atoms with Crippen molar-refractivity contribution in [2.45, 2.75) is 13.8 Å². The summed E-state index contributed by atoms with van der Waals surface area (Å²) in [7, 11) is 0. The second kappa shape index (κ2) is 6.63. The average Bonchev–Trinajstić information content (AvgIpc) is 2.44. The van der Waals surface area contributed by atoms with Gasteiger partial charge in [0, 0.05) is 15.8 Å². The monoisotopic (exact) mass is 348 g/mol. The molecule has 0 atom stereocenters. The van der Waals surface area contributed by atoms with Crippen LogP contribution in [0.25, 0.3) is 0 Å². The van der Waals surface area contributed by atoms with Crippen molar-refractivity contribution in [3.05, 3.63) is 52.0 Å². The Kier molecular flexibility index (Phi) is 4.85. The lowest BCUT2D eigenvalue weighted by atomic mass is 10.1. The second-order valence-corrected chi connectivity index (χ2v) is 5.46. The number of rotatable bonds is 4. The molecule has 0 radical (unpaired) electrons. The molecule has 0 saturated carbocycles. The van der Waals surface area contributed by atoms with Gasteiger partial charge in [0.15, 0.2) is 0 Å². The first-order valence-electron chi connectivity index (χ1n) is 6.61. The maximum absolute atomic E-state index is 12.3. The Morgan fingerprint density at radius 2 is 2.05 bits per heavy atom. The van der Waals surface area contributed by atoms with Gasteiger partial charge < -0.3 is 15.8 Å². The van der Waals surface area contributed by atoms with Gasteiger partial charge in [-0.15, -0.1) is 0 Å². The van der Waals surface area contributed by atoms with Crippen molar-refractivity contribution in [3.8, 4) is 5.75 Å². The van der Waals surface area contributed by atoms with Crippen molar-refractivity contribution in [3.63, 3.8) is 0 Å². The minimum Gasteiger partial charge on any atom is -0.494 e. The Bertz CT molecular complexity index is 671. The van der Waals surface area contributed by atoms with Gasteiger partial charge in [-0.2, -0.15) is 0 Å². The lowest BCUT2D eigenvalue weighted by Crippen LogP contribution is -2.13. The zero-order valence-electron chi connectivity index (χ0n) is 11.9. The third-order valence-corrected chi connectivity index (χ3v) is 3.68. The molecule has 4 nitrogen and oxygen atoms in total.